The van der Waals surface area contributed by atoms with Gasteiger partial charge in [0.1, 0.15) is 11.9 Å². The minimum Gasteiger partial charge on any atom is -0.493 e. The Bertz CT molecular complexity index is 1060. The number of nitrogens with zero attached hydrogens (tertiary/aromatic N) is 1. The number of rotatable bonds is 9. The van der Waals surface area contributed by atoms with Crippen LogP contribution in [0.2, 0.25) is 0 Å². The fourth-order valence-corrected chi connectivity index (χ4v) is 5.33. The summed E-state index contributed by atoms with van der Waals surface area (Å²) in [5.41, 5.74) is 5.38. The van der Waals surface area contributed by atoms with E-state index in [4.69, 9.17) is 25.6 Å². The van der Waals surface area contributed by atoms with E-state index in [1.165, 1.54) is 22.3 Å². The van der Waals surface area contributed by atoms with Crippen molar-refractivity contribution in [2.24, 2.45) is 0 Å². The van der Waals surface area contributed by atoms with Gasteiger partial charge >= 0.3 is 6.72 Å². The highest BCUT2D eigenvalue weighted by Crippen LogP contribution is 2.51. The lowest BCUT2D eigenvalue weighted by Crippen LogP contribution is -2.09. The molecule has 0 saturated carbocycles. The van der Waals surface area contributed by atoms with Crippen LogP contribution in [0.15, 0.2) is 66.9 Å². The molecule has 162 valence electrons. The highest BCUT2D eigenvalue weighted by Gasteiger charge is 2.31. The first-order valence-electron chi connectivity index (χ1n) is 10.4. The summed E-state index contributed by atoms with van der Waals surface area (Å²) in [6, 6.07) is 20.1. The van der Waals surface area contributed by atoms with Crippen molar-refractivity contribution in [3.8, 4) is 16.9 Å². The number of aromatic nitrogens is 1. The van der Waals surface area contributed by atoms with Crippen LogP contribution in [-0.2, 0) is 20.9 Å². The first-order valence-corrected chi connectivity index (χ1v) is 13.0. The summed E-state index contributed by atoms with van der Waals surface area (Å²) in [7, 11) is 0. The number of ether oxygens (including phenoxy) is 1. The van der Waals surface area contributed by atoms with E-state index < -0.39 is 12.8 Å². The van der Waals surface area contributed by atoms with Crippen molar-refractivity contribution in [3.05, 3.63) is 83.7 Å². The van der Waals surface area contributed by atoms with Gasteiger partial charge in [-0.15, -0.1) is 0 Å². The SMILES string of the molecule is CCCOc1ccnc([C@H](C)O[P@@](O)(=S)OCC2c3ccccc3-c3ccccc32)c1. The molecule has 2 atom stereocenters. The van der Waals surface area contributed by atoms with E-state index >= 15 is 0 Å². The van der Waals surface area contributed by atoms with Gasteiger partial charge < -0.3 is 14.2 Å². The zero-order valence-electron chi connectivity index (χ0n) is 17.6. The Morgan fingerprint density at radius 1 is 1.06 bits per heavy atom. The van der Waals surface area contributed by atoms with Gasteiger partial charge in [-0.05, 0) is 53.5 Å². The van der Waals surface area contributed by atoms with Crippen LogP contribution >= 0.6 is 6.72 Å². The van der Waals surface area contributed by atoms with Crippen molar-refractivity contribution in [2.45, 2.75) is 32.3 Å². The van der Waals surface area contributed by atoms with E-state index in [-0.39, 0.29) is 12.5 Å². The van der Waals surface area contributed by atoms with Crippen LogP contribution in [-0.4, -0.2) is 23.1 Å². The molecule has 7 heteroatoms. The quantitative estimate of drug-likeness (QED) is 0.400. The van der Waals surface area contributed by atoms with Crippen LogP contribution < -0.4 is 4.74 Å². The molecule has 3 aromatic rings. The van der Waals surface area contributed by atoms with Crippen molar-refractivity contribution >= 4 is 18.5 Å². The molecule has 1 aliphatic rings. The Labute approximate surface area is 188 Å². The van der Waals surface area contributed by atoms with Gasteiger partial charge in [-0.2, -0.15) is 0 Å². The molecule has 1 aromatic heterocycles. The van der Waals surface area contributed by atoms with Gasteiger partial charge in [-0.25, -0.2) is 0 Å². The Hall–Kier alpha value is -2.08. The third kappa shape index (κ3) is 5.05. The van der Waals surface area contributed by atoms with Crippen molar-refractivity contribution in [2.75, 3.05) is 13.2 Å². The smallest absolute Gasteiger partial charge is 0.325 e. The molecule has 0 spiro atoms. The molecule has 0 radical (unpaired) electrons. The zero-order chi connectivity index (χ0) is 21.8. The summed E-state index contributed by atoms with van der Waals surface area (Å²) < 4.78 is 17.2. The molecule has 2 aromatic carbocycles. The van der Waals surface area contributed by atoms with Crippen LogP contribution in [0.4, 0.5) is 0 Å². The highest BCUT2D eigenvalue weighted by atomic mass is 32.5. The Kier molecular flexibility index (Phi) is 6.85. The first-order chi connectivity index (χ1) is 15.0. The molecule has 0 amide bonds. The summed E-state index contributed by atoms with van der Waals surface area (Å²) in [5, 5.41) is 0. The van der Waals surface area contributed by atoms with E-state index in [0.717, 1.165) is 6.42 Å². The van der Waals surface area contributed by atoms with Crippen LogP contribution in [0, 0.1) is 0 Å². The lowest BCUT2D eigenvalue weighted by molar-refractivity contribution is 0.147. The molecule has 4 rings (SSSR count). The molecule has 5 nitrogen and oxygen atoms in total. The summed E-state index contributed by atoms with van der Waals surface area (Å²) in [6.07, 6.45) is 2.06. The molecule has 0 unspecified atom stereocenters. The fourth-order valence-electron chi connectivity index (χ4n) is 3.85. The lowest BCUT2D eigenvalue weighted by atomic mass is 9.98. The Balaban J connectivity index is 1.45. The molecule has 0 saturated heterocycles. The van der Waals surface area contributed by atoms with Gasteiger partial charge in [0.2, 0.25) is 0 Å². The van der Waals surface area contributed by atoms with E-state index in [1.54, 1.807) is 25.3 Å². The van der Waals surface area contributed by atoms with E-state index in [1.807, 2.05) is 31.2 Å². The average Bonchev–Trinajstić information content (AvgIpc) is 3.10. The number of fused-ring (bicyclic) bond motifs is 3. The van der Waals surface area contributed by atoms with Crippen LogP contribution in [0.5, 0.6) is 5.75 Å². The molecule has 31 heavy (non-hydrogen) atoms. The highest BCUT2D eigenvalue weighted by molar-refractivity contribution is 8.07. The maximum absolute atomic E-state index is 10.7. The van der Waals surface area contributed by atoms with E-state index in [2.05, 4.69) is 29.2 Å². The summed E-state index contributed by atoms with van der Waals surface area (Å²) in [6.45, 7) is 1.25. The third-order valence-electron chi connectivity index (χ3n) is 5.30. The summed E-state index contributed by atoms with van der Waals surface area (Å²) >= 11 is 5.32. The van der Waals surface area contributed by atoms with Gasteiger partial charge in [0.05, 0.1) is 18.9 Å². The largest absolute Gasteiger partial charge is 0.493 e. The number of pyridine rings is 1. The molecule has 1 heterocycles. The predicted molar refractivity (Wildman–Crippen MR) is 126 cm³/mol. The topological polar surface area (TPSA) is 60.8 Å². The normalized spacial score (nSPS) is 15.7. The number of hydrogen-bond acceptors (Lipinski definition) is 5. The van der Waals surface area contributed by atoms with Gasteiger partial charge in [-0.3, -0.25) is 9.51 Å². The van der Waals surface area contributed by atoms with Crippen molar-refractivity contribution in [3.63, 3.8) is 0 Å². The third-order valence-corrected chi connectivity index (χ3v) is 6.93. The van der Waals surface area contributed by atoms with Gasteiger partial charge in [0, 0.05) is 18.2 Å². The zero-order valence-corrected chi connectivity index (χ0v) is 19.3. The van der Waals surface area contributed by atoms with Crippen molar-refractivity contribution in [1.82, 2.24) is 4.98 Å². The maximum atomic E-state index is 10.7. The number of benzene rings is 2. The minimum absolute atomic E-state index is 0.00433. The first kappa shape index (κ1) is 22.1. The van der Waals surface area contributed by atoms with Crippen LogP contribution in [0.25, 0.3) is 11.1 Å². The second-order valence-corrected chi connectivity index (χ2v) is 10.3. The van der Waals surface area contributed by atoms with Crippen LogP contribution in [0.1, 0.15) is 49.1 Å². The maximum Gasteiger partial charge on any atom is 0.325 e. The van der Waals surface area contributed by atoms with E-state index in [9.17, 15) is 4.89 Å². The Morgan fingerprint density at radius 2 is 1.71 bits per heavy atom. The summed E-state index contributed by atoms with van der Waals surface area (Å²) in [5.74, 6) is 0.721. The molecule has 1 N–H and O–H groups in total. The van der Waals surface area contributed by atoms with Crippen molar-refractivity contribution in [1.29, 1.82) is 0 Å². The van der Waals surface area contributed by atoms with Gasteiger partial charge in [-0.1, -0.05) is 55.5 Å². The standard InChI is InChI=1S/C24H26NO4PS/c1-3-14-27-18-12-13-25-24(15-18)17(2)29-30(26,31)28-16-23-21-10-6-4-8-19(21)20-9-5-7-11-22(20)23/h4-13,15,17,23H,3,14,16H2,1-2H3,(H,26,31)/t17-,30-/m0/s1. The van der Waals surface area contributed by atoms with Crippen molar-refractivity contribution < 1.29 is 18.7 Å². The Morgan fingerprint density at radius 3 is 2.35 bits per heavy atom. The number of hydrogen-bond donors (Lipinski definition) is 1. The lowest BCUT2D eigenvalue weighted by Gasteiger charge is -2.23. The van der Waals surface area contributed by atoms with E-state index in [0.29, 0.717) is 18.1 Å². The van der Waals surface area contributed by atoms with Gasteiger partial charge in [0.15, 0.2) is 0 Å². The van der Waals surface area contributed by atoms with Gasteiger partial charge in [0.25, 0.3) is 0 Å². The summed E-state index contributed by atoms with van der Waals surface area (Å²) in [4.78, 5) is 15.1. The molecule has 1 aliphatic carbocycles. The second kappa shape index (κ2) is 9.60. The molecule has 0 fully saturated rings. The molecular formula is C24H26NO4PS. The predicted octanol–water partition coefficient (Wildman–Crippen LogP) is 5.99. The molecule has 0 bridgehead atoms. The second-order valence-electron chi connectivity index (χ2n) is 7.50. The monoisotopic (exact) mass is 455 g/mol. The molecule has 0 aliphatic heterocycles. The fraction of sp³-hybridized carbons (Fsp3) is 0.292. The van der Waals surface area contributed by atoms with Crippen LogP contribution in [0.3, 0.4) is 0 Å². The molecular weight excluding hydrogens is 429 g/mol. The minimum atomic E-state index is -3.47. The average molecular weight is 456 g/mol.